The third-order valence-corrected chi connectivity index (χ3v) is 5.77. The lowest BCUT2D eigenvalue weighted by Crippen LogP contribution is -2.54. The summed E-state index contributed by atoms with van der Waals surface area (Å²) >= 11 is 0. The zero-order valence-electron chi connectivity index (χ0n) is 23.2. The number of anilines is 1. The number of rotatable bonds is 12. The van der Waals surface area contributed by atoms with Crippen molar-refractivity contribution in [2.75, 3.05) is 25.6 Å². The highest BCUT2D eigenvalue weighted by Crippen LogP contribution is 2.26. The van der Waals surface area contributed by atoms with Gasteiger partial charge in [0.2, 0.25) is 5.91 Å². The molecule has 0 bridgehead atoms. The van der Waals surface area contributed by atoms with E-state index in [2.05, 4.69) is 10.6 Å². The van der Waals surface area contributed by atoms with Crippen molar-refractivity contribution in [2.45, 2.75) is 71.6 Å². The summed E-state index contributed by atoms with van der Waals surface area (Å²) in [6.45, 7) is 8.70. The fourth-order valence-corrected chi connectivity index (χ4v) is 3.84. The molecule has 2 rings (SSSR count). The second kappa shape index (κ2) is 14.4. The van der Waals surface area contributed by atoms with Crippen LogP contribution in [0.5, 0.6) is 5.75 Å². The van der Waals surface area contributed by atoms with Gasteiger partial charge in [-0.1, -0.05) is 49.6 Å². The Morgan fingerprint density at radius 3 is 2.16 bits per heavy atom. The van der Waals surface area contributed by atoms with E-state index in [1.807, 2.05) is 38.1 Å². The molecular weight excluding hydrogens is 486 g/mol. The predicted octanol–water partition coefficient (Wildman–Crippen LogP) is 4.59. The van der Waals surface area contributed by atoms with Crippen LogP contribution in [0.4, 0.5) is 10.5 Å². The van der Waals surface area contributed by atoms with Crippen LogP contribution in [0.3, 0.4) is 0 Å². The summed E-state index contributed by atoms with van der Waals surface area (Å²) in [6, 6.07) is 12.0. The molecule has 0 aromatic heterocycles. The summed E-state index contributed by atoms with van der Waals surface area (Å²) in [5, 5.41) is 15.4. The van der Waals surface area contributed by atoms with E-state index in [0.717, 1.165) is 18.4 Å². The van der Waals surface area contributed by atoms with Crippen LogP contribution in [0, 0.1) is 6.92 Å². The van der Waals surface area contributed by atoms with E-state index in [9.17, 15) is 19.5 Å². The number of ether oxygens (including phenoxy) is 2. The van der Waals surface area contributed by atoms with Crippen LogP contribution >= 0.6 is 0 Å². The third-order valence-electron chi connectivity index (χ3n) is 5.77. The summed E-state index contributed by atoms with van der Waals surface area (Å²) in [6.07, 6.45) is 1.57. The molecule has 0 aliphatic heterocycles. The number of aryl methyl sites for hydroxylation is 1. The standard InChI is InChI=1S/C29H41N3O6/c1-7-8-9-18-32(27(35)24(19-33)31-28(36)38-29(3,4)5)25(21-12-10-20(2)11-13-21)26(34)30-22-14-16-23(37-6)17-15-22/h10-17,24-25,33H,7-9,18-19H2,1-6H3,(H,30,34)(H,31,36). The average Bonchev–Trinajstić information content (AvgIpc) is 2.86. The zero-order valence-corrected chi connectivity index (χ0v) is 23.2. The lowest BCUT2D eigenvalue weighted by molar-refractivity contribution is -0.141. The molecule has 0 radical (unpaired) electrons. The van der Waals surface area contributed by atoms with Crippen LogP contribution in [0.25, 0.3) is 0 Å². The Morgan fingerprint density at radius 1 is 1.00 bits per heavy atom. The Kier molecular flexibility index (Phi) is 11.6. The Morgan fingerprint density at radius 2 is 1.63 bits per heavy atom. The molecule has 0 saturated carbocycles. The van der Waals surface area contributed by atoms with Crippen molar-refractivity contribution >= 4 is 23.6 Å². The Labute approximate surface area is 225 Å². The minimum absolute atomic E-state index is 0.258. The molecule has 9 nitrogen and oxygen atoms in total. The molecule has 3 N–H and O–H groups in total. The monoisotopic (exact) mass is 527 g/mol. The SMILES string of the molecule is CCCCCN(C(=O)C(CO)NC(=O)OC(C)(C)C)C(C(=O)Nc1ccc(OC)cc1)c1ccc(C)cc1. The van der Waals surface area contributed by atoms with Gasteiger partial charge in [-0.15, -0.1) is 0 Å². The van der Waals surface area contributed by atoms with Crippen molar-refractivity contribution in [1.29, 1.82) is 0 Å². The van der Waals surface area contributed by atoms with E-state index >= 15 is 0 Å². The number of benzene rings is 2. The number of amides is 3. The second-order valence-corrected chi connectivity index (χ2v) is 10.2. The second-order valence-electron chi connectivity index (χ2n) is 10.2. The average molecular weight is 528 g/mol. The molecule has 0 heterocycles. The minimum Gasteiger partial charge on any atom is -0.497 e. The highest BCUT2D eigenvalue weighted by Gasteiger charge is 2.36. The smallest absolute Gasteiger partial charge is 0.408 e. The molecule has 0 aliphatic rings. The van der Waals surface area contributed by atoms with E-state index in [-0.39, 0.29) is 6.54 Å². The van der Waals surface area contributed by atoms with E-state index < -0.39 is 42.2 Å². The maximum absolute atomic E-state index is 13.8. The van der Waals surface area contributed by atoms with Crippen molar-refractivity contribution in [3.8, 4) is 5.75 Å². The first-order chi connectivity index (χ1) is 18.0. The summed E-state index contributed by atoms with van der Waals surface area (Å²) in [4.78, 5) is 41.4. The molecule has 208 valence electrons. The Balaban J connectivity index is 2.44. The summed E-state index contributed by atoms with van der Waals surface area (Å²) in [5.41, 5.74) is 1.38. The summed E-state index contributed by atoms with van der Waals surface area (Å²) in [7, 11) is 1.56. The van der Waals surface area contributed by atoms with Crippen LogP contribution < -0.4 is 15.4 Å². The van der Waals surface area contributed by atoms with Gasteiger partial charge < -0.3 is 30.1 Å². The van der Waals surface area contributed by atoms with E-state index in [1.54, 1.807) is 52.1 Å². The van der Waals surface area contributed by atoms with Gasteiger partial charge in [-0.2, -0.15) is 0 Å². The lowest BCUT2D eigenvalue weighted by Gasteiger charge is -2.34. The highest BCUT2D eigenvalue weighted by atomic mass is 16.6. The molecule has 0 aliphatic carbocycles. The van der Waals surface area contributed by atoms with Crippen LogP contribution in [0.2, 0.25) is 0 Å². The molecule has 0 spiro atoms. The van der Waals surface area contributed by atoms with Gasteiger partial charge in [0.25, 0.3) is 5.91 Å². The van der Waals surface area contributed by atoms with Crippen LogP contribution in [0.1, 0.15) is 64.1 Å². The molecule has 2 atom stereocenters. The number of aliphatic hydroxyl groups excluding tert-OH is 1. The van der Waals surface area contributed by atoms with Crippen LogP contribution in [0.15, 0.2) is 48.5 Å². The van der Waals surface area contributed by atoms with Gasteiger partial charge in [0.15, 0.2) is 0 Å². The maximum atomic E-state index is 13.8. The number of carbonyl (C=O) groups is 3. The number of nitrogens with one attached hydrogen (secondary N) is 2. The number of hydrogen-bond acceptors (Lipinski definition) is 6. The minimum atomic E-state index is -1.28. The van der Waals surface area contributed by atoms with Gasteiger partial charge >= 0.3 is 6.09 Å². The highest BCUT2D eigenvalue weighted by molar-refractivity contribution is 5.99. The number of carbonyl (C=O) groups excluding carboxylic acids is 3. The summed E-state index contributed by atoms with van der Waals surface area (Å²) in [5.74, 6) is -0.351. The zero-order chi connectivity index (χ0) is 28.3. The number of alkyl carbamates (subject to hydrolysis) is 1. The molecule has 38 heavy (non-hydrogen) atoms. The lowest BCUT2D eigenvalue weighted by atomic mass is 10.0. The van der Waals surface area contributed by atoms with Gasteiger partial charge in [0.1, 0.15) is 23.4 Å². The van der Waals surface area contributed by atoms with Crippen molar-refractivity contribution in [2.24, 2.45) is 0 Å². The maximum Gasteiger partial charge on any atom is 0.408 e. The molecule has 0 saturated heterocycles. The van der Waals surface area contributed by atoms with Gasteiger partial charge in [-0.3, -0.25) is 9.59 Å². The number of nitrogens with zero attached hydrogens (tertiary/aromatic N) is 1. The molecule has 3 amide bonds. The first-order valence-electron chi connectivity index (χ1n) is 12.9. The van der Waals surface area contributed by atoms with Crippen LogP contribution in [-0.4, -0.2) is 59.8 Å². The van der Waals surface area contributed by atoms with E-state index in [4.69, 9.17) is 9.47 Å². The number of methoxy groups -OCH3 is 1. The van der Waals surface area contributed by atoms with E-state index in [0.29, 0.717) is 23.4 Å². The van der Waals surface area contributed by atoms with Crippen molar-refractivity contribution < 1.29 is 29.0 Å². The molecular formula is C29H41N3O6. The van der Waals surface area contributed by atoms with Crippen LogP contribution in [-0.2, 0) is 14.3 Å². The molecule has 2 aromatic rings. The van der Waals surface area contributed by atoms with Crippen molar-refractivity contribution in [3.63, 3.8) is 0 Å². The Hall–Kier alpha value is -3.59. The fraction of sp³-hybridized carbons (Fsp3) is 0.483. The third kappa shape index (κ3) is 9.37. The number of hydrogen-bond donors (Lipinski definition) is 3. The number of unbranched alkanes of at least 4 members (excludes halogenated alkanes) is 2. The summed E-state index contributed by atoms with van der Waals surface area (Å²) < 4.78 is 10.5. The molecule has 9 heteroatoms. The molecule has 2 aromatic carbocycles. The van der Waals surface area contributed by atoms with Crippen molar-refractivity contribution in [3.05, 3.63) is 59.7 Å². The quantitative estimate of drug-likeness (QED) is 0.348. The predicted molar refractivity (Wildman–Crippen MR) is 147 cm³/mol. The van der Waals surface area contributed by atoms with Gasteiger partial charge in [0, 0.05) is 12.2 Å². The normalized spacial score (nSPS) is 12.7. The van der Waals surface area contributed by atoms with Crippen molar-refractivity contribution in [1.82, 2.24) is 10.2 Å². The molecule has 0 fully saturated rings. The Bertz CT molecular complexity index is 1050. The van der Waals surface area contributed by atoms with Gasteiger partial charge in [0.05, 0.1) is 13.7 Å². The largest absolute Gasteiger partial charge is 0.497 e. The first-order valence-corrected chi connectivity index (χ1v) is 12.9. The van der Waals surface area contributed by atoms with Gasteiger partial charge in [-0.25, -0.2) is 4.79 Å². The van der Waals surface area contributed by atoms with E-state index in [1.165, 1.54) is 4.90 Å². The fourth-order valence-electron chi connectivity index (χ4n) is 3.84. The number of aliphatic hydroxyl groups is 1. The molecule has 2 unspecified atom stereocenters. The van der Waals surface area contributed by atoms with Gasteiger partial charge in [-0.05, 0) is 63.9 Å². The first kappa shape index (κ1) is 30.6. The topological polar surface area (TPSA) is 117 Å².